The van der Waals surface area contributed by atoms with Crippen molar-refractivity contribution >= 4 is 11.9 Å². The van der Waals surface area contributed by atoms with Gasteiger partial charge in [0.25, 0.3) is 0 Å². The van der Waals surface area contributed by atoms with Crippen LogP contribution >= 0.6 is 0 Å². The van der Waals surface area contributed by atoms with Crippen molar-refractivity contribution < 1.29 is 48.2 Å². The van der Waals surface area contributed by atoms with Gasteiger partial charge in [-0.15, -0.1) is 6.42 Å². The predicted octanol–water partition coefficient (Wildman–Crippen LogP) is 8.82. The van der Waals surface area contributed by atoms with Crippen LogP contribution in [0, 0.1) is 24.2 Å². The Hall–Kier alpha value is -7.18. The fraction of sp³-hybridized carbons (Fsp3) is 0.276. The normalized spacial score (nSPS) is 17.0. The van der Waals surface area contributed by atoms with Crippen molar-refractivity contribution in [2.45, 2.75) is 36.5 Å². The van der Waals surface area contributed by atoms with Gasteiger partial charge in [-0.3, -0.25) is 9.59 Å². The second-order valence-corrected chi connectivity index (χ2v) is 17.2. The second kappa shape index (κ2) is 20.0. The SMILES string of the molecule is C#Cc1cc(OCCOCCOCCC(=O)O)c(C#Cc2c3c(cc4c2C2c5ccccc5C4c4ccccc42)C2c4ccccc4C3c3ccccc32)cc1OCCOCCOCCC(=O)O. The number of carbonyl (C=O) groups is 2. The highest BCUT2D eigenvalue weighted by Crippen LogP contribution is 2.62. The van der Waals surface area contributed by atoms with Gasteiger partial charge in [0.2, 0.25) is 0 Å². The Labute approximate surface area is 395 Å². The summed E-state index contributed by atoms with van der Waals surface area (Å²) in [5.41, 5.74) is 17.9. The Morgan fingerprint density at radius 1 is 0.426 bits per heavy atom. The van der Waals surface area contributed by atoms with E-state index in [-0.39, 0.29) is 103 Å². The molecule has 342 valence electrons. The van der Waals surface area contributed by atoms with E-state index in [1.165, 1.54) is 66.8 Å². The molecule has 0 amide bonds. The number of carboxylic acid groups (broad SMARTS) is 2. The summed E-state index contributed by atoms with van der Waals surface area (Å²) in [6, 6.07) is 41.7. The summed E-state index contributed by atoms with van der Waals surface area (Å²) < 4.78 is 34.9. The first-order valence-corrected chi connectivity index (χ1v) is 23.2. The van der Waals surface area contributed by atoms with Crippen molar-refractivity contribution in [2.24, 2.45) is 0 Å². The summed E-state index contributed by atoms with van der Waals surface area (Å²) in [6.07, 6.45) is 5.96. The fourth-order valence-corrected chi connectivity index (χ4v) is 10.6. The lowest BCUT2D eigenvalue weighted by molar-refractivity contribution is -0.139. The van der Waals surface area contributed by atoms with Gasteiger partial charge in [0.1, 0.15) is 24.7 Å². The molecule has 0 atom stereocenters. The molecule has 0 aliphatic heterocycles. The molecule has 0 saturated carbocycles. The molecule has 0 saturated heterocycles. The van der Waals surface area contributed by atoms with Crippen LogP contribution in [0.3, 0.4) is 0 Å². The summed E-state index contributed by atoms with van der Waals surface area (Å²) in [5.74, 6) is 9.44. The Kier molecular flexibility index (Phi) is 13.1. The number of carboxylic acids is 2. The van der Waals surface area contributed by atoms with Gasteiger partial charge in [0.15, 0.2) is 0 Å². The summed E-state index contributed by atoms with van der Waals surface area (Å²) in [5, 5.41) is 17.8. The van der Waals surface area contributed by atoms with Crippen LogP contribution in [0.25, 0.3) is 0 Å². The van der Waals surface area contributed by atoms with E-state index >= 15 is 0 Å². The molecule has 6 aromatic carbocycles. The molecule has 10 nitrogen and oxygen atoms in total. The first-order chi connectivity index (χ1) is 33.4. The minimum absolute atomic E-state index is 0.0193. The molecule has 6 aromatic rings. The lowest BCUT2D eigenvalue weighted by atomic mass is 9.55. The summed E-state index contributed by atoms with van der Waals surface area (Å²) in [4.78, 5) is 21.7. The average Bonchev–Trinajstić information content (AvgIpc) is 3.36. The van der Waals surface area contributed by atoms with Crippen LogP contribution < -0.4 is 9.47 Å². The van der Waals surface area contributed by atoms with E-state index in [4.69, 9.17) is 45.1 Å². The van der Waals surface area contributed by atoms with Crippen LogP contribution in [-0.4, -0.2) is 88.2 Å². The van der Waals surface area contributed by atoms with Gasteiger partial charge in [-0.1, -0.05) is 121 Å². The fourth-order valence-electron chi connectivity index (χ4n) is 10.6. The molecule has 0 unspecified atom stereocenters. The highest BCUT2D eigenvalue weighted by molar-refractivity contribution is 5.79. The van der Waals surface area contributed by atoms with Gasteiger partial charge in [0, 0.05) is 41.4 Å². The molecule has 68 heavy (non-hydrogen) atoms. The van der Waals surface area contributed by atoms with Crippen molar-refractivity contribution in [2.75, 3.05) is 66.1 Å². The third kappa shape index (κ3) is 8.53. The van der Waals surface area contributed by atoms with Gasteiger partial charge in [-0.2, -0.15) is 0 Å². The van der Waals surface area contributed by atoms with Crippen molar-refractivity contribution in [3.8, 4) is 35.7 Å². The molecular formula is C58H50O10. The van der Waals surface area contributed by atoms with E-state index in [9.17, 15) is 9.59 Å². The Morgan fingerprint density at radius 2 is 0.765 bits per heavy atom. The molecule has 4 bridgehead atoms. The maximum absolute atomic E-state index is 10.8. The van der Waals surface area contributed by atoms with Gasteiger partial charge < -0.3 is 38.6 Å². The second-order valence-electron chi connectivity index (χ2n) is 17.2. The smallest absolute Gasteiger partial charge is 0.305 e. The summed E-state index contributed by atoms with van der Waals surface area (Å²) in [6.45, 7) is 2.22. The Balaban J connectivity index is 1.05. The number of rotatable bonds is 20. The molecule has 0 heterocycles. The molecule has 10 heteroatoms. The lowest BCUT2D eigenvalue weighted by Gasteiger charge is -2.47. The highest BCUT2D eigenvalue weighted by atomic mass is 16.6. The van der Waals surface area contributed by atoms with Crippen LogP contribution in [0.1, 0.15) is 120 Å². The molecule has 6 aliphatic rings. The lowest BCUT2D eigenvalue weighted by Crippen LogP contribution is -2.33. The van der Waals surface area contributed by atoms with Crippen LogP contribution in [0.2, 0.25) is 0 Å². The molecule has 0 aromatic heterocycles. The molecular weight excluding hydrogens is 857 g/mol. The van der Waals surface area contributed by atoms with E-state index < -0.39 is 11.9 Å². The highest BCUT2D eigenvalue weighted by Gasteiger charge is 2.48. The first kappa shape index (κ1) is 44.6. The monoisotopic (exact) mass is 906 g/mol. The number of benzene rings is 6. The van der Waals surface area contributed by atoms with E-state index in [1.807, 2.05) is 6.07 Å². The zero-order valence-corrected chi connectivity index (χ0v) is 37.5. The predicted molar refractivity (Wildman–Crippen MR) is 255 cm³/mol. The molecule has 2 N–H and O–H groups in total. The number of ether oxygens (including phenoxy) is 6. The zero-order valence-electron chi connectivity index (χ0n) is 37.5. The standard InChI is InChI=1S/C58H50O10/c1-2-36-33-50(68-32-30-66-28-26-64-24-22-52(61)62)37(34-49(36)67-31-29-65-27-25-63-23-21-51(59)60)19-20-46-57-47(53-38-11-3-7-15-42(38)55(57)43-16-8-4-12-39(43)53)35-48-54-40-13-5-9-17-44(40)56(58(46)48)45-18-10-6-14-41(45)54/h1,3-18,33-35,53-56H,21-32H2,(H,59,60)(H,61,62). The summed E-state index contributed by atoms with van der Waals surface area (Å²) >= 11 is 0. The van der Waals surface area contributed by atoms with Crippen LogP contribution in [0.4, 0.5) is 0 Å². The van der Waals surface area contributed by atoms with Crippen LogP contribution in [0.15, 0.2) is 115 Å². The third-order valence-electron chi connectivity index (χ3n) is 13.3. The average molecular weight is 907 g/mol. The number of aliphatic carboxylic acids is 2. The third-order valence-corrected chi connectivity index (χ3v) is 13.3. The number of hydrogen-bond acceptors (Lipinski definition) is 8. The molecule has 6 aliphatic carbocycles. The number of terminal acetylenes is 1. The quantitative estimate of drug-likeness (QED) is 0.0566. The number of hydrogen-bond donors (Lipinski definition) is 2. The van der Waals surface area contributed by atoms with Crippen LogP contribution in [-0.2, 0) is 28.5 Å². The molecule has 0 radical (unpaired) electrons. The zero-order chi connectivity index (χ0) is 46.6. The maximum Gasteiger partial charge on any atom is 0.305 e. The summed E-state index contributed by atoms with van der Waals surface area (Å²) in [7, 11) is 0. The van der Waals surface area contributed by atoms with Crippen LogP contribution in [0.5, 0.6) is 11.5 Å². The van der Waals surface area contributed by atoms with Crippen molar-refractivity contribution in [1.82, 2.24) is 0 Å². The van der Waals surface area contributed by atoms with Gasteiger partial charge in [-0.05, 0) is 66.8 Å². The van der Waals surface area contributed by atoms with E-state index in [0.29, 0.717) is 22.6 Å². The topological polar surface area (TPSA) is 130 Å². The first-order valence-electron chi connectivity index (χ1n) is 23.2. The molecule has 0 fully saturated rings. The van der Waals surface area contributed by atoms with Crippen molar-refractivity contribution in [3.05, 3.63) is 199 Å². The van der Waals surface area contributed by atoms with Gasteiger partial charge in [-0.25, -0.2) is 0 Å². The minimum atomic E-state index is -0.913. The van der Waals surface area contributed by atoms with Crippen molar-refractivity contribution in [3.63, 3.8) is 0 Å². The van der Waals surface area contributed by atoms with Gasteiger partial charge in [0.05, 0.1) is 76.8 Å². The van der Waals surface area contributed by atoms with Crippen molar-refractivity contribution in [1.29, 1.82) is 0 Å². The Bertz CT molecular complexity index is 2790. The minimum Gasteiger partial charge on any atom is -0.490 e. The molecule has 0 spiro atoms. The van der Waals surface area contributed by atoms with E-state index in [2.05, 4.69) is 121 Å². The maximum atomic E-state index is 10.8. The largest absolute Gasteiger partial charge is 0.490 e. The van der Waals surface area contributed by atoms with E-state index in [0.717, 1.165) is 5.56 Å². The Morgan fingerprint density at radius 3 is 1.15 bits per heavy atom. The van der Waals surface area contributed by atoms with E-state index in [1.54, 1.807) is 6.07 Å². The molecule has 12 rings (SSSR count). The van der Waals surface area contributed by atoms with Gasteiger partial charge >= 0.3 is 11.9 Å².